The van der Waals surface area contributed by atoms with Crippen molar-refractivity contribution >= 4 is 52.2 Å². The average molecular weight is 808 g/mol. The maximum absolute atomic E-state index is 13.8. The van der Waals surface area contributed by atoms with E-state index in [-0.39, 0.29) is 43.0 Å². The first kappa shape index (κ1) is 43.5. The van der Waals surface area contributed by atoms with E-state index in [1.165, 1.54) is 0 Å². The summed E-state index contributed by atoms with van der Waals surface area (Å²) in [6, 6.07) is 3.60. The number of benzene rings is 1. The maximum atomic E-state index is 13.8. The van der Waals surface area contributed by atoms with Crippen LogP contribution >= 0.6 is 0 Å². The van der Waals surface area contributed by atoms with Crippen molar-refractivity contribution in [3.05, 3.63) is 35.2 Å². The second-order valence-corrected chi connectivity index (χ2v) is 35.1. The van der Waals surface area contributed by atoms with E-state index < -0.39 is 59.6 Å². The van der Waals surface area contributed by atoms with E-state index in [2.05, 4.69) is 117 Å². The second-order valence-electron chi connectivity index (χ2n) is 19.3. The minimum absolute atomic E-state index is 0.0147. The van der Waals surface area contributed by atoms with Crippen LogP contribution in [0.4, 0.5) is 5.95 Å². The molecule has 0 saturated carbocycles. The Morgan fingerprint density at radius 3 is 1.77 bits per heavy atom. The standard InChI is InChI=1S/C37H65N5O7SSi3/c1-23-19-24(2)30(25(3)20-23)50(43,44)47-32-27-31(40-34(38)41-32)42(22-39-27)33-29(49-53(17,18)37(10,11)12)28(48-52(15,16)36(7,8)9)26(46-33)21-45-51(13,14)35(4,5)6/h19-20,22,26,28-29,33H,21H2,1-18H3,(H2,38,40,41)/t26-,28-,29-,33-/m1/s1. The first-order valence-electron chi connectivity index (χ1n) is 18.5. The maximum Gasteiger partial charge on any atom is 0.341 e. The molecule has 0 amide bonds. The minimum atomic E-state index is -4.32. The van der Waals surface area contributed by atoms with Crippen LogP contribution in [0.2, 0.25) is 54.4 Å². The number of ether oxygens (including phenoxy) is 1. The summed E-state index contributed by atoms with van der Waals surface area (Å²) in [6.07, 6.45) is -0.763. The number of nitrogens with two attached hydrogens (primary N) is 1. The van der Waals surface area contributed by atoms with Gasteiger partial charge in [0.15, 0.2) is 42.3 Å². The van der Waals surface area contributed by atoms with Crippen molar-refractivity contribution in [3.8, 4) is 5.88 Å². The third kappa shape index (κ3) is 8.95. The first-order valence-corrected chi connectivity index (χ1v) is 28.6. The van der Waals surface area contributed by atoms with Crippen LogP contribution < -0.4 is 9.92 Å². The molecule has 0 bridgehead atoms. The van der Waals surface area contributed by atoms with E-state index >= 15 is 0 Å². The Kier molecular flexibility index (Phi) is 11.8. The van der Waals surface area contributed by atoms with Crippen LogP contribution in [-0.4, -0.2) is 77.8 Å². The number of fused-ring (bicyclic) bond motifs is 1. The van der Waals surface area contributed by atoms with Gasteiger partial charge in [-0.05, 0) is 86.3 Å². The van der Waals surface area contributed by atoms with Crippen molar-refractivity contribution in [2.24, 2.45) is 0 Å². The quantitative estimate of drug-likeness (QED) is 0.146. The predicted octanol–water partition coefficient (Wildman–Crippen LogP) is 8.80. The number of nitrogen functional groups attached to an aromatic ring is 1. The molecular weight excluding hydrogens is 743 g/mol. The summed E-state index contributed by atoms with van der Waals surface area (Å²) in [5, 5.41) is -0.230. The Morgan fingerprint density at radius 1 is 0.792 bits per heavy atom. The van der Waals surface area contributed by atoms with Crippen molar-refractivity contribution in [3.63, 3.8) is 0 Å². The SMILES string of the molecule is Cc1cc(C)c(S(=O)(=O)Oc2nc(N)nc3c2ncn3[C@@H]2O[C@H](CO[Si](C)(C)C(C)(C)C)[C@@H](O[Si](C)(C)C(C)(C)C)[C@H]2O[Si](C)(C)C(C)(C)C)c(C)c1. The zero-order valence-electron chi connectivity index (χ0n) is 35.4. The van der Waals surface area contributed by atoms with E-state index in [4.69, 9.17) is 27.9 Å². The fraction of sp³-hybridized carbons (Fsp3) is 0.703. The van der Waals surface area contributed by atoms with Crippen molar-refractivity contribution < 1.29 is 30.6 Å². The largest absolute Gasteiger partial charge is 0.414 e. The number of imidazole rings is 1. The molecule has 298 valence electrons. The number of hydrogen-bond donors (Lipinski definition) is 1. The molecule has 4 atom stereocenters. The summed E-state index contributed by atoms with van der Waals surface area (Å²) >= 11 is 0. The molecule has 1 fully saturated rings. The summed E-state index contributed by atoms with van der Waals surface area (Å²) in [5.41, 5.74) is 8.72. The van der Waals surface area contributed by atoms with Gasteiger partial charge in [0.1, 0.15) is 23.2 Å². The highest BCUT2D eigenvalue weighted by atomic mass is 32.2. The zero-order chi connectivity index (χ0) is 40.5. The van der Waals surface area contributed by atoms with Gasteiger partial charge in [0.05, 0.1) is 12.9 Å². The lowest BCUT2D eigenvalue weighted by Crippen LogP contribution is -2.54. The molecule has 0 spiro atoms. The second kappa shape index (κ2) is 14.4. The highest BCUT2D eigenvalue weighted by Gasteiger charge is 2.55. The van der Waals surface area contributed by atoms with Gasteiger partial charge in [0, 0.05) is 0 Å². The topological polar surface area (TPSA) is 150 Å². The summed E-state index contributed by atoms with van der Waals surface area (Å²) in [4.78, 5) is 13.5. The molecule has 1 aliphatic rings. The Hall–Kier alpha value is -2.19. The third-order valence-electron chi connectivity index (χ3n) is 11.9. The summed E-state index contributed by atoms with van der Waals surface area (Å²) in [6.45, 7) is 39.0. The van der Waals surface area contributed by atoms with Crippen molar-refractivity contribution in [2.75, 3.05) is 12.3 Å². The fourth-order valence-corrected chi connectivity index (χ4v) is 10.7. The lowest BCUT2D eigenvalue weighted by atomic mass is 10.1. The van der Waals surface area contributed by atoms with Crippen LogP contribution in [0.5, 0.6) is 5.88 Å². The molecule has 1 aromatic carbocycles. The number of anilines is 1. The van der Waals surface area contributed by atoms with Gasteiger partial charge >= 0.3 is 10.1 Å². The number of nitrogens with zero attached hydrogens (tertiary/aromatic N) is 4. The molecule has 3 aromatic rings. The number of aryl methyl sites for hydroxylation is 3. The van der Waals surface area contributed by atoms with E-state index in [0.29, 0.717) is 17.7 Å². The van der Waals surface area contributed by atoms with Gasteiger partial charge in [-0.15, -0.1) is 0 Å². The van der Waals surface area contributed by atoms with Crippen LogP contribution in [0.15, 0.2) is 23.4 Å². The van der Waals surface area contributed by atoms with Crippen molar-refractivity contribution in [1.82, 2.24) is 19.5 Å². The molecule has 2 aromatic heterocycles. The summed E-state index contributed by atoms with van der Waals surface area (Å²) in [7, 11) is -11.4. The fourth-order valence-electron chi connectivity index (χ4n) is 5.73. The van der Waals surface area contributed by atoms with Gasteiger partial charge < -0.3 is 27.9 Å². The van der Waals surface area contributed by atoms with Crippen LogP contribution in [0.25, 0.3) is 11.2 Å². The zero-order valence-corrected chi connectivity index (χ0v) is 39.2. The van der Waals surface area contributed by atoms with Crippen LogP contribution in [-0.2, 0) is 28.1 Å². The number of rotatable bonds is 11. The molecule has 2 N–H and O–H groups in total. The highest BCUT2D eigenvalue weighted by Crippen LogP contribution is 2.47. The molecule has 12 nitrogen and oxygen atoms in total. The van der Waals surface area contributed by atoms with E-state index in [9.17, 15) is 8.42 Å². The van der Waals surface area contributed by atoms with Crippen LogP contribution in [0.3, 0.4) is 0 Å². The average Bonchev–Trinajstić information content (AvgIpc) is 3.49. The Bertz CT molecular complexity index is 1910. The molecule has 53 heavy (non-hydrogen) atoms. The monoisotopic (exact) mass is 807 g/mol. The molecule has 1 aliphatic heterocycles. The molecule has 4 rings (SSSR count). The van der Waals surface area contributed by atoms with Gasteiger partial charge in [-0.2, -0.15) is 18.4 Å². The molecule has 0 unspecified atom stereocenters. The van der Waals surface area contributed by atoms with E-state index in [0.717, 1.165) is 5.56 Å². The van der Waals surface area contributed by atoms with Crippen LogP contribution in [0, 0.1) is 20.8 Å². The molecule has 0 radical (unpaired) electrons. The molecule has 0 aliphatic carbocycles. The Morgan fingerprint density at radius 2 is 1.28 bits per heavy atom. The van der Waals surface area contributed by atoms with E-state index in [1.54, 1.807) is 36.9 Å². The molecular formula is C37H65N5O7SSi3. The molecule has 1 saturated heterocycles. The van der Waals surface area contributed by atoms with Gasteiger partial charge in [0.25, 0.3) is 5.88 Å². The molecule has 16 heteroatoms. The van der Waals surface area contributed by atoms with E-state index in [1.807, 2.05) is 6.92 Å². The Labute approximate surface area is 321 Å². The Balaban J connectivity index is 1.89. The predicted molar refractivity (Wildman–Crippen MR) is 219 cm³/mol. The third-order valence-corrected chi connectivity index (χ3v) is 26.9. The number of aromatic nitrogens is 4. The van der Waals surface area contributed by atoms with Gasteiger partial charge in [-0.25, -0.2) is 4.98 Å². The smallest absolute Gasteiger partial charge is 0.341 e. The van der Waals surface area contributed by atoms with Crippen LogP contribution in [0.1, 0.15) is 85.2 Å². The van der Waals surface area contributed by atoms with Gasteiger partial charge in [0.2, 0.25) is 5.95 Å². The highest BCUT2D eigenvalue weighted by molar-refractivity contribution is 7.87. The normalized spacial score (nSPS) is 21.1. The van der Waals surface area contributed by atoms with Crippen molar-refractivity contribution in [1.29, 1.82) is 0 Å². The molecule has 3 heterocycles. The van der Waals surface area contributed by atoms with Gasteiger partial charge in [-0.3, -0.25) is 4.57 Å². The lowest BCUT2D eigenvalue weighted by Gasteiger charge is -2.44. The lowest BCUT2D eigenvalue weighted by molar-refractivity contribution is -0.0470. The number of hydrogen-bond acceptors (Lipinski definition) is 11. The van der Waals surface area contributed by atoms with Crippen molar-refractivity contribution in [2.45, 2.75) is 167 Å². The first-order chi connectivity index (χ1) is 23.8. The summed E-state index contributed by atoms with van der Waals surface area (Å²) in [5.74, 6) is -0.439. The summed E-state index contributed by atoms with van der Waals surface area (Å²) < 4.78 is 63.4. The minimum Gasteiger partial charge on any atom is -0.414 e. The van der Waals surface area contributed by atoms with Gasteiger partial charge in [-0.1, -0.05) is 80.0 Å².